The van der Waals surface area contributed by atoms with Crippen molar-refractivity contribution >= 4 is 16.7 Å². The van der Waals surface area contributed by atoms with Gasteiger partial charge in [-0.2, -0.15) is 0 Å². The number of nitrogens with zero attached hydrogens (tertiary/aromatic N) is 2. The molecule has 0 saturated heterocycles. The highest BCUT2D eigenvalue weighted by Crippen LogP contribution is 2.25. The van der Waals surface area contributed by atoms with Gasteiger partial charge in [-0.3, -0.25) is 4.79 Å². The van der Waals surface area contributed by atoms with E-state index >= 15 is 0 Å². The minimum Gasteiger partial charge on any atom is -0.497 e. The zero-order valence-electron chi connectivity index (χ0n) is 21.0. The van der Waals surface area contributed by atoms with Crippen molar-refractivity contribution in [1.29, 1.82) is 0 Å². The second-order valence-corrected chi connectivity index (χ2v) is 8.21. The minimum absolute atomic E-state index is 0.438. The van der Waals surface area contributed by atoms with Gasteiger partial charge >= 0.3 is 5.97 Å². The van der Waals surface area contributed by atoms with Crippen molar-refractivity contribution in [1.82, 2.24) is 0 Å². The number of methoxy groups -OCH3 is 1. The third-order valence-corrected chi connectivity index (χ3v) is 5.27. The topological polar surface area (TPSA) is 160 Å². The Bertz CT molecular complexity index is 959. The highest BCUT2D eigenvalue weighted by molar-refractivity contribution is 5.86. The van der Waals surface area contributed by atoms with Crippen LogP contribution in [0.5, 0.6) is 5.75 Å². The number of aliphatic carboxylic acids is 1. The van der Waals surface area contributed by atoms with E-state index in [0.717, 1.165) is 22.1 Å². The first-order valence-electron chi connectivity index (χ1n) is 11.5. The summed E-state index contributed by atoms with van der Waals surface area (Å²) in [6, 6.07) is 11.4. The minimum atomic E-state index is -0.808. The van der Waals surface area contributed by atoms with E-state index in [1.165, 1.54) is 0 Å². The number of fused-ring (bicyclic) bond motifs is 1. The Morgan fingerprint density at radius 1 is 0.889 bits per heavy atom. The summed E-state index contributed by atoms with van der Waals surface area (Å²) in [5.41, 5.74) is 0.815. The normalized spacial score (nSPS) is 13.0. The van der Waals surface area contributed by atoms with Crippen LogP contribution in [0, 0.1) is 20.2 Å². The summed E-state index contributed by atoms with van der Waals surface area (Å²) in [4.78, 5) is 39.6. The van der Waals surface area contributed by atoms with Crippen molar-refractivity contribution in [2.45, 2.75) is 64.6 Å². The van der Waals surface area contributed by atoms with Crippen molar-refractivity contribution in [3.63, 3.8) is 0 Å². The fourth-order valence-corrected chi connectivity index (χ4v) is 3.23. The molecule has 2 unspecified atom stereocenters. The molecule has 0 saturated carbocycles. The van der Waals surface area contributed by atoms with Crippen LogP contribution in [0.15, 0.2) is 36.4 Å². The molecule has 12 heteroatoms. The van der Waals surface area contributed by atoms with Gasteiger partial charge in [0.25, 0.3) is 10.2 Å². The van der Waals surface area contributed by atoms with Crippen LogP contribution in [0.1, 0.15) is 57.9 Å². The lowest BCUT2D eigenvalue weighted by Crippen LogP contribution is -2.15. The molecule has 0 aromatic heterocycles. The molecule has 36 heavy (non-hydrogen) atoms. The van der Waals surface area contributed by atoms with E-state index in [1.807, 2.05) is 36.4 Å². The van der Waals surface area contributed by atoms with E-state index in [1.54, 1.807) is 27.9 Å². The summed E-state index contributed by atoms with van der Waals surface area (Å²) >= 11 is 0. The van der Waals surface area contributed by atoms with E-state index in [4.69, 9.17) is 14.6 Å². The Hall–Kier alpha value is -3.67. The van der Waals surface area contributed by atoms with Gasteiger partial charge in [-0.15, -0.1) is 20.2 Å². The average Bonchev–Trinajstić information content (AvgIpc) is 2.81. The Kier molecular flexibility index (Phi) is 13.6. The van der Waals surface area contributed by atoms with Gasteiger partial charge in [0.05, 0.1) is 13.0 Å². The molecule has 2 aromatic carbocycles. The van der Waals surface area contributed by atoms with E-state index in [0.29, 0.717) is 38.9 Å². The van der Waals surface area contributed by atoms with Gasteiger partial charge in [0.2, 0.25) is 0 Å². The Balaban J connectivity index is 0.000000361. The quantitative estimate of drug-likeness (QED) is 0.200. The monoisotopic (exact) mass is 510 g/mol. The molecule has 1 N–H and O–H groups in total. The van der Waals surface area contributed by atoms with Gasteiger partial charge in [0.1, 0.15) is 18.0 Å². The van der Waals surface area contributed by atoms with Crippen molar-refractivity contribution in [2.24, 2.45) is 0 Å². The van der Waals surface area contributed by atoms with Gasteiger partial charge in [0, 0.05) is 13.2 Å². The first-order valence-corrected chi connectivity index (χ1v) is 11.5. The van der Waals surface area contributed by atoms with Crippen LogP contribution in [-0.2, 0) is 19.2 Å². The van der Waals surface area contributed by atoms with Gasteiger partial charge in [-0.25, -0.2) is 0 Å². The molecular formula is C24H34N2O10. The zero-order valence-corrected chi connectivity index (χ0v) is 21.0. The molecule has 0 radical (unpaired) electrons. The summed E-state index contributed by atoms with van der Waals surface area (Å²) in [5, 5.41) is 29.5. The lowest BCUT2D eigenvalue weighted by atomic mass is 9.98. The summed E-state index contributed by atoms with van der Waals surface area (Å²) in [5.74, 6) is -0.490. The largest absolute Gasteiger partial charge is 0.497 e. The summed E-state index contributed by atoms with van der Waals surface area (Å²) in [7, 11) is 1.63. The molecular weight excluding hydrogens is 476 g/mol. The van der Waals surface area contributed by atoms with Crippen LogP contribution in [-0.4, -0.2) is 53.8 Å². The maximum Gasteiger partial charge on any atom is 0.310 e. The lowest BCUT2D eigenvalue weighted by molar-refractivity contribution is -0.767. The molecule has 0 aliphatic rings. The van der Waals surface area contributed by atoms with E-state index in [-0.39, 0.29) is 0 Å². The fraction of sp³-hybridized carbons (Fsp3) is 0.542. The van der Waals surface area contributed by atoms with E-state index < -0.39 is 34.3 Å². The smallest absolute Gasteiger partial charge is 0.310 e. The maximum absolute atomic E-state index is 10.9. The molecule has 0 fully saturated rings. The Morgan fingerprint density at radius 3 is 1.86 bits per heavy atom. The second-order valence-electron chi connectivity index (χ2n) is 8.21. The predicted octanol–water partition coefficient (Wildman–Crippen LogP) is 4.79. The fourth-order valence-electron chi connectivity index (χ4n) is 3.23. The van der Waals surface area contributed by atoms with E-state index in [9.17, 15) is 25.0 Å². The number of benzene rings is 2. The standard InChI is InChI=1S/C14H14O3.C10H20N2O7/c1-9(14(15)16)10-3-4-12-8-13(17-2)6-5-11(12)7-10;1-9(18-11(13)14)5-3-7-17-8-4-6-10(2)19-12(15)16/h3-9H,1-2H3,(H,15,16);9-10H,3-8H2,1-2H3/t9-;/m0./s1. The van der Waals surface area contributed by atoms with Crippen molar-refractivity contribution in [3.8, 4) is 5.75 Å². The molecule has 12 nitrogen and oxygen atoms in total. The summed E-state index contributed by atoms with van der Waals surface area (Å²) in [6.07, 6.45) is 1.54. The van der Waals surface area contributed by atoms with Crippen LogP contribution < -0.4 is 4.74 Å². The zero-order chi connectivity index (χ0) is 27.1. The molecule has 3 atom stereocenters. The van der Waals surface area contributed by atoms with Gasteiger partial charge < -0.3 is 24.3 Å². The van der Waals surface area contributed by atoms with Crippen molar-refractivity contribution in [3.05, 3.63) is 62.2 Å². The van der Waals surface area contributed by atoms with Crippen LogP contribution in [0.3, 0.4) is 0 Å². The van der Waals surface area contributed by atoms with E-state index in [2.05, 4.69) is 9.68 Å². The predicted molar refractivity (Wildman–Crippen MR) is 131 cm³/mol. The third kappa shape index (κ3) is 12.2. The maximum atomic E-state index is 10.9. The number of carboxylic acids is 1. The molecule has 2 rings (SSSR count). The van der Waals surface area contributed by atoms with Gasteiger partial charge in [0.15, 0.2) is 0 Å². The number of carbonyl (C=O) groups is 1. The number of hydrogen-bond donors (Lipinski definition) is 1. The summed E-state index contributed by atoms with van der Waals surface area (Å²) < 4.78 is 10.4. The van der Waals surface area contributed by atoms with Crippen molar-refractivity contribution in [2.75, 3.05) is 20.3 Å². The van der Waals surface area contributed by atoms with Crippen LogP contribution in [0.2, 0.25) is 0 Å². The van der Waals surface area contributed by atoms with Gasteiger partial charge in [-0.05, 0) is 74.9 Å². The van der Waals surface area contributed by atoms with Gasteiger partial charge in [-0.1, -0.05) is 24.3 Å². The molecule has 0 aliphatic carbocycles. The van der Waals surface area contributed by atoms with Crippen molar-refractivity contribution < 1.29 is 39.2 Å². The highest BCUT2D eigenvalue weighted by Gasteiger charge is 2.13. The molecule has 0 aliphatic heterocycles. The average molecular weight is 511 g/mol. The molecule has 0 heterocycles. The number of hydrogen-bond acceptors (Lipinski definition) is 9. The first-order chi connectivity index (χ1) is 17.0. The lowest BCUT2D eigenvalue weighted by Gasteiger charge is -2.10. The molecule has 200 valence electrons. The number of rotatable bonds is 15. The highest BCUT2D eigenvalue weighted by atomic mass is 17.0. The Labute approximate surface area is 209 Å². The second kappa shape index (κ2) is 16.1. The van der Waals surface area contributed by atoms with Crippen LogP contribution in [0.4, 0.5) is 0 Å². The first kappa shape index (κ1) is 30.4. The van der Waals surface area contributed by atoms with Crippen LogP contribution in [0.25, 0.3) is 10.8 Å². The summed E-state index contributed by atoms with van der Waals surface area (Å²) in [6.45, 7) is 5.90. The molecule has 2 aromatic rings. The molecule has 0 amide bonds. The third-order valence-electron chi connectivity index (χ3n) is 5.27. The van der Waals surface area contributed by atoms with Crippen LogP contribution >= 0.6 is 0 Å². The SMILES string of the molecule is CC(CCCOCCCC(C)O[N+](=O)[O-])O[N+](=O)[O-].COc1ccc2cc([C@H](C)C(=O)O)ccc2c1. The number of carboxylic acid groups (broad SMARTS) is 1. The molecule has 0 spiro atoms. The molecule has 0 bridgehead atoms. The number of ether oxygens (including phenoxy) is 2. The Morgan fingerprint density at radius 2 is 1.39 bits per heavy atom.